The Labute approximate surface area is 172 Å². The average molecular weight is 407 g/mol. The molecule has 0 radical (unpaired) electrons. The second-order valence-corrected chi connectivity index (χ2v) is 6.29. The Kier molecular flexibility index (Phi) is 6.12. The van der Waals surface area contributed by atoms with Gasteiger partial charge in [-0.15, -0.1) is 0 Å². The molecule has 0 unspecified atom stereocenters. The highest BCUT2D eigenvalue weighted by Gasteiger charge is 2.15. The molecule has 0 aliphatic rings. The van der Waals surface area contributed by atoms with Crippen molar-refractivity contribution in [2.45, 2.75) is 0 Å². The third kappa shape index (κ3) is 4.72. The zero-order chi connectivity index (χ0) is 20.8. The highest BCUT2D eigenvalue weighted by molar-refractivity contribution is 6.33. The Morgan fingerprint density at radius 2 is 1.90 bits per heavy atom. The molecule has 7 heteroatoms. The van der Waals surface area contributed by atoms with E-state index in [1.807, 2.05) is 12.1 Å². The maximum absolute atomic E-state index is 12.3. The first kappa shape index (κ1) is 19.9. The number of para-hydroxylation sites is 1. The molecule has 0 saturated carbocycles. The standard InChI is InChI=1S/C22H15ClN2O4/c1-28-22(27)18-12-14(7-9-19(18)23)20-10-8-17(29-20)11-15(13-24)21(26)25-16-5-3-2-4-6-16/h2-12H,1H3,(H,25,26)/b15-11-. The van der Waals surface area contributed by atoms with Gasteiger partial charge in [0.25, 0.3) is 5.91 Å². The van der Waals surface area contributed by atoms with E-state index in [1.54, 1.807) is 54.6 Å². The number of esters is 1. The van der Waals surface area contributed by atoms with Gasteiger partial charge in [-0.1, -0.05) is 29.8 Å². The number of rotatable bonds is 5. The summed E-state index contributed by atoms with van der Waals surface area (Å²) in [6.45, 7) is 0. The molecule has 144 valence electrons. The highest BCUT2D eigenvalue weighted by atomic mass is 35.5. The summed E-state index contributed by atoms with van der Waals surface area (Å²) in [5, 5.41) is 12.2. The summed E-state index contributed by atoms with van der Waals surface area (Å²) in [5.74, 6) is -0.350. The number of methoxy groups -OCH3 is 1. The Balaban J connectivity index is 1.84. The minimum absolute atomic E-state index is 0.110. The first-order valence-corrected chi connectivity index (χ1v) is 8.86. The van der Waals surface area contributed by atoms with Crippen molar-refractivity contribution < 1.29 is 18.7 Å². The number of benzene rings is 2. The largest absolute Gasteiger partial charge is 0.465 e. The summed E-state index contributed by atoms with van der Waals surface area (Å²) >= 11 is 6.03. The summed E-state index contributed by atoms with van der Waals surface area (Å²) < 4.78 is 10.4. The van der Waals surface area contributed by atoms with Crippen LogP contribution in [0.4, 0.5) is 5.69 Å². The molecule has 1 heterocycles. The fourth-order valence-electron chi connectivity index (χ4n) is 2.54. The van der Waals surface area contributed by atoms with Crippen LogP contribution in [0.15, 0.2) is 70.7 Å². The van der Waals surface area contributed by atoms with E-state index in [-0.39, 0.29) is 16.2 Å². The first-order chi connectivity index (χ1) is 14.0. The van der Waals surface area contributed by atoms with Gasteiger partial charge >= 0.3 is 5.97 Å². The number of hydrogen-bond acceptors (Lipinski definition) is 5. The van der Waals surface area contributed by atoms with E-state index >= 15 is 0 Å². The molecule has 2 aromatic carbocycles. The summed E-state index contributed by atoms with van der Waals surface area (Å²) in [5.41, 5.74) is 1.28. The number of halogens is 1. The van der Waals surface area contributed by atoms with Gasteiger partial charge in [0.2, 0.25) is 0 Å². The zero-order valence-electron chi connectivity index (χ0n) is 15.3. The van der Waals surface area contributed by atoms with Gasteiger partial charge in [-0.2, -0.15) is 5.26 Å². The molecule has 3 aromatic rings. The van der Waals surface area contributed by atoms with Crippen LogP contribution in [-0.4, -0.2) is 19.0 Å². The molecule has 0 aliphatic heterocycles. The van der Waals surface area contributed by atoms with Crippen LogP contribution in [0.2, 0.25) is 5.02 Å². The van der Waals surface area contributed by atoms with E-state index in [2.05, 4.69) is 5.32 Å². The quantitative estimate of drug-likeness (QED) is 0.368. The van der Waals surface area contributed by atoms with Crippen LogP contribution in [0.3, 0.4) is 0 Å². The Morgan fingerprint density at radius 3 is 2.59 bits per heavy atom. The van der Waals surface area contributed by atoms with Crippen molar-refractivity contribution in [3.05, 3.63) is 82.6 Å². The lowest BCUT2D eigenvalue weighted by atomic mass is 10.1. The second-order valence-electron chi connectivity index (χ2n) is 5.88. The van der Waals surface area contributed by atoms with Gasteiger partial charge in [-0.25, -0.2) is 4.79 Å². The number of hydrogen-bond donors (Lipinski definition) is 1. The number of carbonyl (C=O) groups is 2. The number of carbonyl (C=O) groups excluding carboxylic acids is 2. The van der Waals surface area contributed by atoms with E-state index in [4.69, 9.17) is 20.8 Å². The Bertz CT molecular complexity index is 1130. The summed E-state index contributed by atoms with van der Waals surface area (Å²) in [6, 6.07) is 18.8. The molecule has 0 spiro atoms. The smallest absolute Gasteiger partial charge is 0.339 e. The summed E-state index contributed by atoms with van der Waals surface area (Å²) in [6.07, 6.45) is 1.35. The molecule has 0 aliphatic carbocycles. The van der Waals surface area contributed by atoms with Gasteiger partial charge in [0.15, 0.2) is 0 Å². The molecule has 1 aromatic heterocycles. The number of nitriles is 1. The lowest BCUT2D eigenvalue weighted by Gasteiger charge is -2.04. The topological polar surface area (TPSA) is 92.3 Å². The maximum atomic E-state index is 12.3. The minimum Gasteiger partial charge on any atom is -0.465 e. The summed E-state index contributed by atoms with van der Waals surface area (Å²) in [7, 11) is 1.27. The molecule has 0 saturated heterocycles. The van der Waals surface area contributed by atoms with Crippen LogP contribution in [0.25, 0.3) is 17.4 Å². The first-order valence-electron chi connectivity index (χ1n) is 8.48. The second kappa shape index (κ2) is 8.91. The predicted octanol–water partition coefficient (Wildman–Crippen LogP) is 4.93. The fourth-order valence-corrected chi connectivity index (χ4v) is 2.74. The van der Waals surface area contributed by atoms with Crippen molar-refractivity contribution in [1.82, 2.24) is 0 Å². The van der Waals surface area contributed by atoms with Gasteiger partial charge in [-0.05, 0) is 42.5 Å². The molecule has 0 atom stereocenters. The van der Waals surface area contributed by atoms with E-state index < -0.39 is 11.9 Å². The number of nitrogens with zero attached hydrogens (tertiary/aromatic N) is 1. The van der Waals surface area contributed by atoms with Crippen LogP contribution in [0.1, 0.15) is 16.1 Å². The predicted molar refractivity (Wildman–Crippen MR) is 109 cm³/mol. The monoisotopic (exact) mass is 406 g/mol. The van der Waals surface area contributed by atoms with E-state index in [1.165, 1.54) is 13.2 Å². The van der Waals surface area contributed by atoms with Crippen LogP contribution >= 0.6 is 11.6 Å². The molecule has 0 fully saturated rings. The minimum atomic E-state index is -0.562. The Hall–Kier alpha value is -3.82. The molecule has 3 rings (SSSR count). The fraction of sp³-hybridized carbons (Fsp3) is 0.0455. The van der Waals surface area contributed by atoms with E-state index in [0.717, 1.165) is 0 Å². The maximum Gasteiger partial charge on any atom is 0.339 e. The molecule has 1 amide bonds. The molecular formula is C22H15ClN2O4. The molecule has 6 nitrogen and oxygen atoms in total. The number of ether oxygens (including phenoxy) is 1. The van der Waals surface area contributed by atoms with Crippen molar-refractivity contribution in [2.75, 3.05) is 12.4 Å². The van der Waals surface area contributed by atoms with Crippen molar-refractivity contribution in [3.8, 4) is 17.4 Å². The molecule has 0 bridgehead atoms. The van der Waals surface area contributed by atoms with Crippen molar-refractivity contribution in [2.24, 2.45) is 0 Å². The van der Waals surface area contributed by atoms with E-state index in [9.17, 15) is 14.9 Å². The zero-order valence-corrected chi connectivity index (χ0v) is 16.1. The van der Waals surface area contributed by atoms with Gasteiger partial charge in [0.1, 0.15) is 23.2 Å². The van der Waals surface area contributed by atoms with Gasteiger partial charge < -0.3 is 14.5 Å². The van der Waals surface area contributed by atoms with Crippen molar-refractivity contribution in [1.29, 1.82) is 5.26 Å². The van der Waals surface area contributed by atoms with Crippen LogP contribution in [-0.2, 0) is 9.53 Å². The average Bonchev–Trinajstić information content (AvgIpc) is 3.21. The highest BCUT2D eigenvalue weighted by Crippen LogP contribution is 2.28. The lowest BCUT2D eigenvalue weighted by Crippen LogP contribution is -2.13. The number of nitrogens with one attached hydrogen (secondary N) is 1. The third-order valence-corrected chi connectivity index (χ3v) is 4.30. The van der Waals surface area contributed by atoms with Crippen LogP contribution < -0.4 is 5.32 Å². The molecular weight excluding hydrogens is 392 g/mol. The number of amides is 1. The molecule has 29 heavy (non-hydrogen) atoms. The van der Waals surface area contributed by atoms with Gasteiger partial charge in [-0.3, -0.25) is 4.79 Å². The van der Waals surface area contributed by atoms with Crippen LogP contribution in [0, 0.1) is 11.3 Å². The normalized spacial score (nSPS) is 10.9. The number of furan rings is 1. The molecule has 1 N–H and O–H groups in total. The number of anilines is 1. The van der Waals surface area contributed by atoms with E-state index in [0.29, 0.717) is 22.8 Å². The SMILES string of the molecule is COC(=O)c1cc(-c2ccc(/C=C(/C#N)C(=O)Nc3ccccc3)o2)ccc1Cl. The lowest BCUT2D eigenvalue weighted by molar-refractivity contribution is -0.112. The van der Waals surface area contributed by atoms with Crippen molar-refractivity contribution >= 4 is 35.2 Å². The van der Waals surface area contributed by atoms with Crippen LogP contribution in [0.5, 0.6) is 0 Å². The third-order valence-electron chi connectivity index (χ3n) is 3.97. The Morgan fingerprint density at radius 1 is 1.14 bits per heavy atom. The van der Waals surface area contributed by atoms with Crippen molar-refractivity contribution in [3.63, 3.8) is 0 Å². The van der Waals surface area contributed by atoms with Gasteiger partial charge in [0, 0.05) is 17.3 Å². The van der Waals surface area contributed by atoms with Gasteiger partial charge in [0.05, 0.1) is 17.7 Å². The summed E-state index contributed by atoms with van der Waals surface area (Å²) in [4.78, 5) is 24.1.